The summed E-state index contributed by atoms with van der Waals surface area (Å²) >= 11 is 9.37. The van der Waals surface area contributed by atoms with Gasteiger partial charge < -0.3 is 9.88 Å². The van der Waals surface area contributed by atoms with E-state index in [0.717, 1.165) is 15.9 Å². The van der Waals surface area contributed by atoms with E-state index >= 15 is 0 Å². The van der Waals surface area contributed by atoms with Crippen molar-refractivity contribution in [2.75, 3.05) is 0 Å². The third-order valence-electron chi connectivity index (χ3n) is 3.68. The molecule has 0 unspecified atom stereocenters. The molecule has 3 rings (SSSR count). The third-order valence-corrected chi connectivity index (χ3v) is 4.43. The molecule has 0 aliphatic rings. The van der Waals surface area contributed by atoms with Gasteiger partial charge in [0.25, 0.3) is 5.91 Å². The van der Waals surface area contributed by atoms with E-state index in [1.165, 1.54) is 0 Å². The monoisotopic (exact) mass is 403 g/mol. The van der Waals surface area contributed by atoms with Crippen molar-refractivity contribution >= 4 is 33.4 Å². The van der Waals surface area contributed by atoms with Gasteiger partial charge in [-0.2, -0.15) is 0 Å². The molecule has 2 aromatic carbocycles. The maximum atomic E-state index is 12.7. The van der Waals surface area contributed by atoms with Crippen molar-refractivity contribution in [3.8, 4) is 0 Å². The molecule has 0 saturated carbocycles. The first-order chi connectivity index (χ1) is 11.5. The lowest BCUT2D eigenvalue weighted by Crippen LogP contribution is -2.31. The molecule has 1 N–H and O–H groups in total. The number of benzene rings is 2. The van der Waals surface area contributed by atoms with Gasteiger partial charge in [0.2, 0.25) is 0 Å². The quantitative estimate of drug-likeness (QED) is 0.702. The lowest BCUT2D eigenvalue weighted by atomic mass is 10.1. The van der Waals surface area contributed by atoms with Crippen molar-refractivity contribution in [1.29, 1.82) is 0 Å². The zero-order chi connectivity index (χ0) is 17.1. The van der Waals surface area contributed by atoms with E-state index in [2.05, 4.69) is 26.2 Å². The standard InChI is InChI=1S/C18H15BrClN3O/c1-23-10-9-21-17(23)16(12-5-7-15(20)8-6-12)22-18(24)13-3-2-4-14(19)11-13/h2-11,16H,1H3,(H,22,24)/t16-/m0/s1. The van der Waals surface area contributed by atoms with Gasteiger partial charge in [0.1, 0.15) is 11.9 Å². The Labute approximate surface area is 153 Å². The molecule has 0 bridgehead atoms. The summed E-state index contributed by atoms with van der Waals surface area (Å²) in [5.74, 6) is 0.583. The van der Waals surface area contributed by atoms with Crippen molar-refractivity contribution < 1.29 is 4.79 Å². The second kappa shape index (κ2) is 7.20. The van der Waals surface area contributed by atoms with Crippen LogP contribution in [0.1, 0.15) is 27.8 Å². The van der Waals surface area contributed by atoms with Gasteiger partial charge in [-0.05, 0) is 35.9 Å². The van der Waals surface area contributed by atoms with Gasteiger partial charge in [0.15, 0.2) is 0 Å². The van der Waals surface area contributed by atoms with Gasteiger partial charge in [-0.3, -0.25) is 4.79 Å². The second-order valence-electron chi connectivity index (χ2n) is 5.36. The van der Waals surface area contributed by atoms with Crippen LogP contribution in [0.3, 0.4) is 0 Å². The highest BCUT2D eigenvalue weighted by atomic mass is 79.9. The summed E-state index contributed by atoms with van der Waals surface area (Å²) in [7, 11) is 1.90. The van der Waals surface area contributed by atoms with E-state index in [0.29, 0.717) is 10.6 Å². The van der Waals surface area contributed by atoms with Crippen LogP contribution in [-0.2, 0) is 7.05 Å². The molecule has 0 radical (unpaired) electrons. The molecular formula is C18H15BrClN3O. The molecule has 0 saturated heterocycles. The van der Waals surface area contributed by atoms with Gasteiger partial charge in [-0.15, -0.1) is 0 Å². The Hall–Kier alpha value is -2.11. The normalized spacial score (nSPS) is 12.0. The fraction of sp³-hybridized carbons (Fsp3) is 0.111. The van der Waals surface area contributed by atoms with E-state index in [4.69, 9.17) is 11.6 Å². The van der Waals surface area contributed by atoms with Crippen LogP contribution >= 0.6 is 27.5 Å². The van der Waals surface area contributed by atoms with Crippen molar-refractivity contribution in [3.05, 3.63) is 87.4 Å². The number of carbonyl (C=O) groups is 1. The molecule has 0 fully saturated rings. The Kier molecular flexibility index (Phi) is 5.02. The first-order valence-electron chi connectivity index (χ1n) is 7.34. The number of aryl methyl sites for hydroxylation is 1. The number of nitrogens with zero attached hydrogens (tertiary/aromatic N) is 2. The fourth-order valence-electron chi connectivity index (χ4n) is 2.45. The van der Waals surface area contributed by atoms with Gasteiger partial charge in [-0.1, -0.05) is 45.7 Å². The van der Waals surface area contributed by atoms with Gasteiger partial charge >= 0.3 is 0 Å². The fourth-order valence-corrected chi connectivity index (χ4v) is 2.98. The van der Waals surface area contributed by atoms with Crippen molar-refractivity contribution in [2.45, 2.75) is 6.04 Å². The highest BCUT2D eigenvalue weighted by Crippen LogP contribution is 2.23. The largest absolute Gasteiger partial charge is 0.338 e. The number of hydrogen-bond donors (Lipinski definition) is 1. The first kappa shape index (κ1) is 16.7. The predicted molar refractivity (Wildman–Crippen MR) is 98.1 cm³/mol. The summed E-state index contributed by atoms with van der Waals surface area (Å²) < 4.78 is 2.75. The van der Waals surface area contributed by atoms with E-state index in [1.54, 1.807) is 30.5 Å². The number of imidazole rings is 1. The Bertz CT molecular complexity index is 861. The second-order valence-corrected chi connectivity index (χ2v) is 6.72. The molecule has 4 nitrogen and oxygen atoms in total. The summed E-state index contributed by atoms with van der Waals surface area (Å²) in [4.78, 5) is 17.0. The highest BCUT2D eigenvalue weighted by molar-refractivity contribution is 9.10. The molecule has 1 atom stereocenters. The molecule has 6 heteroatoms. The summed E-state index contributed by atoms with van der Waals surface area (Å²) in [5, 5.41) is 3.70. The van der Waals surface area contributed by atoms with Gasteiger partial charge in [-0.25, -0.2) is 4.98 Å². The number of halogens is 2. The molecule has 24 heavy (non-hydrogen) atoms. The molecule has 1 amide bonds. The average Bonchev–Trinajstić information content (AvgIpc) is 2.99. The summed E-state index contributed by atoms with van der Waals surface area (Å²) in [6, 6.07) is 14.3. The topological polar surface area (TPSA) is 46.9 Å². The van der Waals surface area contributed by atoms with E-state index < -0.39 is 0 Å². The Morgan fingerprint density at radius 3 is 2.62 bits per heavy atom. The zero-order valence-corrected chi connectivity index (χ0v) is 15.3. The van der Waals surface area contributed by atoms with Crippen molar-refractivity contribution in [3.63, 3.8) is 0 Å². The molecule has 0 aliphatic heterocycles. The molecule has 3 aromatic rings. The SMILES string of the molecule is Cn1ccnc1[C@@H](NC(=O)c1cccc(Br)c1)c1ccc(Cl)cc1. The van der Waals surface area contributed by atoms with Crippen molar-refractivity contribution in [2.24, 2.45) is 7.05 Å². The summed E-state index contributed by atoms with van der Waals surface area (Å²) in [6.07, 6.45) is 3.56. The number of hydrogen-bond acceptors (Lipinski definition) is 2. The maximum Gasteiger partial charge on any atom is 0.252 e. The van der Waals surface area contributed by atoms with E-state index in [9.17, 15) is 4.79 Å². The minimum Gasteiger partial charge on any atom is -0.338 e. The third kappa shape index (κ3) is 3.68. The van der Waals surface area contributed by atoms with E-state index in [1.807, 2.05) is 42.1 Å². The number of nitrogens with one attached hydrogen (secondary N) is 1. The summed E-state index contributed by atoms with van der Waals surface area (Å²) in [6.45, 7) is 0. The average molecular weight is 405 g/mol. The Morgan fingerprint density at radius 1 is 1.25 bits per heavy atom. The van der Waals surface area contributed by atoms with Crippen LogP contribution in [0.2, 0.25) is 5.02 Å². The highest BCUT2D eigenvalue weighted by Gasteiger charge is 2.21. The number of rotatable bonds is 4. The maximum absolute atomic E-state index is 12.7. The van der Waals surface area contributed by atoms with Gasteiger partial charge in [0.05, 0.1) is 0 Å². The molecule has 1 heterocycles. The van der Waals surface area contributed by atoms with Gasteiger partial charge in [0, 0.05) is 34.5 Å². The van der Waals surface area contributed by atoms with E-state index in [-0.39, 0.29) is 11.9 Å². The lowest BCUT2D eigenvalue weighted by molar-refractivity contribution is 0.0941. The van der Waals surface area contributed by atoms with Crippen LogP contribution < -0.4 is 5.32 Å². The number of aromatic nitrogens is 2. The zero-order valence-electron chi connectivity index (χ0n) is 12.9. The van der Waals surface area contributed by atoms with Crippen molar-refractivity contribution in [1.82, 2.24) is 14.9 Å². The minimum atomic E-state index is -0.367. The Balaban J connectivity index is 1.95. The smallest absolute Gasteiger partial charge is 0.252 e. The summed E-state index contributed by atoms with van der Waals surface area (Å²) in [5.41, 5.74) is 1.49. The minimum absolute atomic E-state index is 0.167. The number of amides is 1. The predicted octanol–water partition coefficient (Wildman–Crippen LogP) is 4.36. The molecular weight excluding hydrogens is 390 g/mol. The van der Waals surface area contributed by atoms with Crippen LogP contribution in [0, 0.1) is 0 Å². The molecule has 122 valence electrons. The molecule has 0 spiro atoms. The number of carbonyl (C=O) groups excluding carboxylic acids is 1. The molecule has 0 aliphatic carbocycles. The van der Waals surface area contributed by atoms with Crippen LogP contribution in [0.15, 0.2) is 65.4 Å². The van der Waals surface area contributed by atoms with Crippen LogP contribution in [0.5, 0.6) is 0 Å². The Morgan fingerprint density at radius 2 is 2.00 bits per heavy atom. The van der Waals surface area contributed by atoms with Crippen LogP contribution in [0.25, 0.3) is 0 Å². The van der Waals surface area contributed by atoms with Crippen LogP contribution in [-0.4, -0.2) is 15.5 Å². The first-order valence-corrected chi connectivity index (χ1v) is 8.51. The lowest BCUT2D eigenvalue weighted by Gasteiger charge is -2.19. The molecule has 1 aromatic heterocycles. The van der Waals surface area contributed by atoms with Crippen LogP contribution in [0.4, 0.5) is 0 Å².